The Morgan fingerprint density at radius 2 is 1.73 bits per heavy atom. The number of carboxylic acid groups (broad SMARTS) is 1. The summed E-state index contributed by atoms with van der Waals surface area (Å²) in [6.07, 6.45) is 4.43. The number of nitrogens with zero attached hydrogens (tertiary/aromatic N) is 1. The zero-order valence-corrected chi connectivity index (χ0v) is 20.9. The van der Waals surface area contributed by atoms with Gasteiger partial charge in [-0.3, -0.25) is 9.59 Å². The first-order valence-electron chi connectivity index (χ1n) is 12.6. The molecule has 3 amide bonds. The summed E-state index contributed by atoms with van der Waals surface area (Å²) in [7, 11) is 1.60. The first-order chi connectivity index (χ1) is 17.9. The number of rotatable bonds is 9. The molecule has 9 heteroatoms. The number of hydrogen-bond donors (Lipinski definition) is 5. The normalized spacial score (nSPS) is 18.0. The van der Waals surface area contributed by atoms with Crippen molar-refractivity contribution in [2.24, 2.45) is 11.8 Å². The number of H-pyrrole nitrogens is 1. The molecule has 1 atom stereocenters. The Morgan fingerprint density at radius 3 is 2.38 bits per heavy atom. The molecule has 4 rings (SSSR count). The van der Waals surface area contributed by atoms with E-state index in [1.807, 2.05) is 42.5 Å². The van der Waals surface area contributed by atoms with E-state index < -0.39 is 6.09 Å². The number of carbonyl (C=O) groups is 3. The van der Waals surface area contributed by atoms with E-state index >= 15 is 0 Å². The number of hydrogen-bond acceptors (Lipinski definition) is 4. The molecule has 1 aromatic heterocycles. The van der Waals surface area contributed by atoms with Crippen LogP contribution in [0, 0.1) is 11.8 Å². The molecule has 0 unspecified atom stereocenters. The standard InChI is InChI=1S/C28H33N5O4/c1-29-26(34)21-13-11-20(12-14-21)24-17-30-25(32-24)23(15-18-5-3-2-4-6-18)33-27(35)22-9-7-19(8-10-22)16-31-28(36)37/h2-6,11-14,17,19,22-23,31H,7-10,15-16H2,1H3,(H,29,34)(H,30,32)(H,33,35)(H,36,37)/t19?,22?,23-/m0/s1. The van der Waals surface area contributed by atoms with Crippen molar-refractivity contribution in [3.63, 3.8) is 0 Å². The zero-order valence-electron chi connectivity index (χ0n) is 20.9. The highest BCUT2D eigenvalue weighted by atomic mass is 16.4. The Bertz CT molecular complexity index is 1200. The Morgan fingerprint density at radius 1 is 1.03 bits per heavy atom. The zero-order chi connectivity index (χ0) is 26.2. The van der Waals surface area contributed by atoms with Gasteiger partial charge in [-0.25, -0.2) is 9.78 Å². The lowest BCUT2D eigenvalue weighted by Crippen LogP contribution is -2.38. The number of aromatic amines is 1. The summed E-state index contributed by atoms with van der Waals surface area (Å²) in [4.78, 5) is 43.8. The van der Waals surface area contributed by atoms with E-state index in [1.165, 1.54) is 0 Å². The first kappa shape index (κ1) is 25.9. The van der Waals surface area contributed by atoms with Gasteiger partial charge < -0.3 is 26.0 Å². The van der Waals surface area contributed by atoms with Gasteiger partial charge in [0.2, 0.25) is 5.91 Å². The minimum atomic E-state index is -1.01. The molecule has 1 saturated carbocycles. The molecule has 1 fully saturated rings. The molecule has 1 heterocycles. The lowest BCUT2D eigenvalue weighted by atomic mass is 9.81. The van der Waals surface area contributed by atoms with Gasteiger partial charge in [0.1, 0.15) is 5.82 Å². The number of imidazole rings is 1. The summed E-state index contributed by atoms with van der Waals surface area (Å²) >= 11 is 0. The maximum absolute atomic E-state index is 13.3. The van der Waals surface area contributed by atoms with Crippen molar-refractivity contribution in [2.75, 3.05) is 13.6 Å². The first-order valence-corrected chi connectivity index (χ1v) is 12.6. The van der Waals surface area contributed by atoms with Crippen LogP contribution in [-0.2, 0) is 11.2 Å². The molecular formula is C28H33N5O4. The number of benzene rings is 2. The van der Waals surface area contributed by atoms with E-state index in [0.717, 1.165) is 42.5 Å². The molecule has 0 bridgehead atoms. The fourth-order valence-electron chi connectivity index (χ4n) is 4.82. The van der Waals surface area contributed by atoms with Crippen LogP contribution in [0.2, 0.25) is 0 Å². The van der Waals surface area contributed by atoms with Crippen LogP contribution >= 0.6 is 0 Å². The number of amides is 3. The topological polar surface area (TPSA) is 136 Å². The lowest BCUT2D eigenvalue weighted by Gasteiger charge is -2.29. The number of nitrogens with one attached hydrogen (secondary N) is 4. The van der Waals surface area contributed by atoms with E-state index in [2.05, 4.69) is 25.9 Å². The molecule has 0 saturated heterocycles. The van der Waals surface area contributed by atoms with Crippen LogP contribution < -0.4 is 16.0 Å². The molecular weight excluding hydrogens is 470 g/mol. The molecule has 2 aromatic carbocycles. The monoisotopic (exact) mass is 503 g/mol. The molecule has 1 aliphatic carbocycles. The van der Waals surface area contributed by atoms with Gasteiger partial charge >= 0.3 is 6.09 Å². The minimum Gasteiger partial charge on any atom is -0.465 e. The SMILES string of the molecule is CNC(=O)c1ccc(-c2cnc([C@H](Cc3ccccc3)NC(=O)C3CCC(CNC(=O)O)CC3)[nH]2)cc1. The van der Waals surface area contributed by atoms with Crippen molar-refractivity contribution in [3.05, 3.63) is 77.7 Å². The van der Waals surface area contributed by atoms with Gasteiger partial charge in [0.25, 0.3) is 5.91 Å². The molecule has 0 aliphatic heterocycles. The Labute approximate surface area is 216 Å². The van der Waals surface area contributed by atoms with Gasteiger partial charge in [0, 0.05) is 25.1 Å². The van der Waals surface area contributed by atoms with Crippen LogP contribution in [-0.4, -0.2) is 46.6 Å². The van der Waals surface area contributed by atoms with Crippen molar-refractivity contribution in [2.45, 2.75) is 38.1 Å². The average molecular weight is 504 g/mol. The highest BCUT2D eigenvalue weighted by Gasteiger charge is 2.29. The summed E-state index contributed by atoms with van der Waals surface area (Å²) in [5.74, 6) is 0.684. The molecule has 0 spiro atoms. The van der Waals surface area contributed by atoms with Gasteiger partial charge in [-0.2, -0.15) is 0 Å². The molecule has 9 nitrogen and oxygen atoms in total. The van der Waals surface area contributed by atoms with Gasteiger partial charge in [-0.1, -0.05) is 42.5 Å². The van der Waals surface area contributed by atoms with Crippen molar-refractivity contribution in [1.29, 1.82) is 0 Å². The number of carbonyl (C=O) groups excluding carboxylic acids is 2. The smallest absolute Gasteiger partial charge is 0.404 e. The third-order valence-corrected chi connectivity index (χ3v) is 6.97. The van der Waals surface area contributed by atoms with Crippen LogP contribution in [0.4, 0.5) is 4.79 Å². The van der Waals surface area contributed by atoms with Crippen molar-refractivity contribution >= 4 is 17.9 Å². The van der Waals surface area contributed by atoms with Crippen LogP contribution in [0.3, 0.4) is 0 Å². The van der Waals surface area contributed by atoms with E-state index in [-0.39, 0.29) is 29.7 Å². The fourth-order valence-corrected chi connectivity index (χ4v) is 4.82. The quantitative estimate of drug-likeness (QED) is 0.302. The summed E-state index contributed by atoms with van der Waals surface area (Å²) in [5, 5.41) is 17.1. The predicted molar refractivity (Wildman–Crippen MR) is 140 cm³/mol. The van der Waals surface area contributed by atoms with Crippen LogP contribution in [0.5, 0.6) is 0 Å². The molecule has 0 radical (unpaired) electrons. The van der Waals surface area contributed by atoms with Crippen LogP contribution in [0.1, 0.15) is 53.5 Å². The van der Waals surface area contributed by atoms with Gasteiger partial charge in [0.05, 0.1) is 17.9 Å². The minimum absolute atomic E-state index is 0.00143. The summed E-state index contributed by atoms with van der Waals surface area (Å²) < 4.78 is 0. The van der Waals surface area contributed by atoms with E-state index in [4.69, 9.17) is 5.11 Å². The molecule has 5 N–H and O–H groups in total. The van der Waals surface area contributed by atoms with E-state index in [1.54, 1.807) is 25.4 Å². The van der Waals surface area contributed by atoms with Crippen molar-refractivity contribution in [3.8, 4) is 11.3 Å². The van der Waals surface area contributed by atoms with E-state index in [9.17, 15) is 14.4 Å². The van der Waals surface area contributed by atoms with Crippen LogP contribution in [0.15, 0.2) is 60.8 Å². The van der Waals surface area contributed by atoms with Gasteiger partial charge in [0.15, 0.2) is 0 Å². The lowest BCUT2D eigenvalue weighted by molar-refractivity contribution is -0.127. The van der Waals surface area contributed by atoms with Crippen molar-refractivity contribution < 1.29 is 19.5 Å². The molecule has 194 valence electrons. The third-order valence-electron chi connectivity index (χ3n) is 6.97. The second-order valence-electron chi connectivity index (χ2n) is 9.49. The molecule has 3 aromatic rings. The maximum atomic E-state index is 13.3. The van der Waals surface area contributed by atoms with Gasteiger partial charge in [-0.05, 0) is 61.3 Å². The average Bonchev–Trinajstić information content (AvgIpc) is 3.42. The van der Waals surface area contributed by atoms with Crippen LogP contribution in [0.25, 0.3) is 11.3 Å². The largest absolute Gasteiger partial charge is 0.465 e. The second kappa shape index (κ2) is 12.2. The Kier molecular flexibility index (Phi) is 8.56. The Hall–Kier alpha value is -4.14. The maximum Gasteiger partial charge on any atom is 0.404 e. The highest BCUT2D eigenvalue weighted by Crippen LogP contribution is 2.30. The third kappa shape index (κ3) is 6.97. The van der Waals surface area contributed by atoms with Crippen molar-refractivity contribution in [1.82, 2.24) is 25.9 Å². The number of aromatic nitrogens is 2. The molecule has 1 aliphatic rings. The van der Waals surface area contributed by atoms with Gasteiger partial charge in [-0.15, -0.1) is 0 Å². The summed E-state index contributed by atoms with van der Waals surface area (Å²) in [5.41, 5.74) is 3.36. The van der Waals surface area contributed by atoms with E-state index in [0.29, 0.717) is 24.4 Å². The summed E-state index contributed by atoms with van der Waals surface area (Å²) in [6.45, 7) is 0.430. The predicted octanol–water partition coefficient (Wildman–Crippen LogP) is 3.91. The fraction of sp³-hybridized carbons (Fsp3) is 0.357. The Balaban J connectivity index is 1.46. The highest BCUT2D eigenvalue weighted by molar-refractivity contribution is 5.94. The molecule has 37 heavy (non-hydrogen) atoms. The second-order valence-corrected chi connectivity index (χ2v) is 9.49. The summed E-state index contributed by atoms with van der Waals surface area (Å²) in [6, 6.07) is 16.9.